The van der Waals surface area contributed by atoms with Gasteiger partial charge in [0.2, 0.25) is 0 Å². The molecule has 0 aliphatic heterocycles. The third kappa shape index (κ3) is 4.08. The van der Waals surface area contributed by atoms with Crippen molar-refractivity contribution >= 4 is 47.8 Å². The number of rotatable bonds is 3. The number of halogens is 3. The van der Waals surface area contributed by atoms with Crippen LogP contribution in [0.2, 0.25) is 0 Å². The Morgan fingerprint density at radius 1 is 0.500 bits per heavy atom. The van der Waals surface area contributed by atoms with Crippen LogP contribution in [0, 0.1) is 20.8 Å². The predicted octanol–water partition coefficient (Wildman–Crippen LogP) is 9.90. The average Bonchev–Trinajstić information content (AvgIpc) is 2.72. The van der Waals surface area contributed by atoms with E-state index < -0.39 is 0 Å². The first kappa shape index (κ1) is 21.5. The van der Waals surface area contributed by atoms with Gasteiger partial charge >= 0.3 is 0 Å². The molecule has 4 aromatic carbocycles. The van der Waals surface area contributed by atoms with Gasteiger partial charge < -0.3 is 0 Å². The molecule has 0 fully saturated rings. The lowest BCUT2D eigenvalue weighted by Crippen LogP contribution is -1.97. The number of hydrogen-bond donors (Lipinski definition) is 0. The van der Waals surface area contributed by atoms with Crippen LogP contribution in [-0.4, -0.2) is 0 Å². The molecule has 4 rings (SSSR count). The van der Waals surface area contributed by atoms with Gasteiger partial charge in [0.25, 0.3) is 0 Å². The van der Waals surface area contributed by atoms with Crippen molar-refractivity contribution < 1.29 is 0 Å². The number of hydrogen-bond acceptors (Lipinski definition) is 0. The highest BCUT2D eigenvalue weighted by atomic mass is 79.9. The molecule has 0 heterocycles. The topological polar surface area (TPSA) is 0 Å². The maximum absolute atomic E-state index is 3.82. The van der Waals surface area contributed by atoms with Crippen molar-refractivity contribution in [3.63, 3.8) is 0 Å². The van der Waals surface area contributed by atoms with E-state index in [-0.39, 0.29) is 0 Å². The first-order valence-corrected chi connectivity index (χ1v) is 12.2. The minimum absolute atomic E-state index is 1.07. The van der Waals surface area contributed by atoms with Crippen molar-refractivity contribution in [1.82, 2.24) is 0 Å². The van der Waals surface area contributed by atoms with Crippen molar-refractivity contribution in [2.45, 2.75) is 20.8 Å². The van der Waals surface area contributed by atoms with Crippen LogP contribution in [0.3, 0.4) is 0 Å². The monoisotopic (exact) mass is 582 g/mol. The fourth-order valence-electron chi connectivity index (χ4n) is 3.95. The highest BCUT2D eigenvalue weighted by Crippen LogP contribution is 2.46. The van der Waals surface area contributed by atoms with E-state index in [1.54, 1.807) is 0 Å². The van der Waals surface area contributed by atoms with Crippen molar-refractivity contribution in [2.75, 3.05) is 0 Å². The van der Waals surface area contributed by atoms with Gasteiger partial charge in [-0.05, 0) is 89.5 Å². The predicted molar refractivity (Wildman–Crippen MR) is 140 cm³/mol. The Balaban J connectivity index is 2.17. The van der Waals surface area contributed by atoms with E-state index in [2.05, 4.69) is 141 Å². The second-order valence-corrected chi connectivity index (χ2v) is 10.2. The fraction of sp³-hybridized carbons (Fsp3) is 0.111. The first-order chi connectivity index (χ1) is 14.4. The zero-order chi connectivity index (χ0) is 21.4. The number of benzene rings is 4. The normalized spacial score (nSPS) is 11.0. The maximum atomic E-state index is 3.82. The van der Waals surface area contributed by atoms with E-state index in [1.165, 1.54) is 50.1 Å². The molecular weight excluding hydrogens is 564 g/mol. The Morgan fingerprint density at radius 3 is 1.97 bits per heavy atom. The van der Waals surface area contributed by atoms with Gasteiger partial charge in [-0.15, -0.1) is 0 Å². The average molecular weight is 585 g/mol. The zero-order valence-corrected chi connectivity index (χ0v) is 21.8. The van der Waals surface area contributed by atoms with Crippen LogP contribution < -0.4 is 0 Å². The molecular formula is C27H21Br3. The second-order valence-electron chi connectivity index (χ2n) is 7.60. The molecule has 0 saturated carbocycles. The van der Waals surface area contributed by atoms with Gasteiger partial charge in [-0.25, -0.2) is 0 Å². The Kier molecular flexibility index (Phi) is 6.34. The van der Waals surface area contributed by atoms with Crippen molar-refractivity contribution in [1.29, 1.82) is 0 Å². The Labute approximate surface area is 203 Å². The second kappa shape index (κ2) is 8.82. The quantitative estimate of drug-likeness (QED) is 0.225. The molecule has 0 aliphatic carbocycles. The van der Waals surface area contributed by atoms with E-state index in [0.717, 1.165) is 13.4 Å². The van der Waals surface area contributed by atoms with Gasteiger partial charge in [-0.2, -0.15) is 0 Å². The third-order valence-corrected chi connectivity index (χ3v) is 7.31. The molecule has 0 spiro atoms. The molecule has 0 nitrogen and oxygen atoms in total. The minimum Gasteiger partial charge on any atom is -0.0620 e. The van der Waals surface area contributed by atoms with E-state index in [1.807, 2.05) is 0 Å². The smallest absolute Gasteiger partial charge is 0.0254 e. The van der Waals surface area contributed by atoms with E-state index in [4.69, 9.17) is 0 Å². The maximum Gasteiger partial charge on any atom is 0.0254 e. The van der Waals surface area contributed by atoms with Crippen LogP contribution in [0.1, 0.15) is 16.7 Å². The summed E-state index contributed by atoms with van der Waals surface area (Å²) in [6.07, 6.45) is 0. The van der Waals surface area contributed by atoms with Crippen molar-refractivity contribution in [3.8, 4) is 33.4 Å². The molecule has 0 atom stereocenters. The lowest BCUT2D eigenvalue weighted by atomic mass is 9.83. The summed E-state index contributed by atoms with van der Waals surface area (Å²) in [6.45, 7) is 6.53. The van der Waals surface area contributed by atoms with Gasteiger partial charge in [0.15, 0.2) is 0 Å². The first-order valence-electron chi connectivity index (χ1n) is 9.78. The molecule has 4 aromatic rings. The molecule has 0 radical (unpaired) electrons. The summed E-state index contributed by atoms with van der Waals surface area (Å²) in [5.41, 5.74) is 11.2. The molecule has 30 heavy (non-hydrogen) atoms. The van der Waals surface area contributed by atoms with Crippen LogP contribution in [0.25, 0.3) is 33.4 Å². The van der Waals surface area contributed by atoms with Crippen LogP contribution in [0.4, 0.5) is 0 Å². The Bertz CT molecular complexity index is 1260. The van der Waals surface area contributed by atoms with Crippen LogP contribution in [0.15, 0.2) is 86.2 Å². The van der Waals surface area contributed by atoms with E-state index in [9.17, 15) is 0 Å². The van der Waals surface area contributed by atoms with Crippen LogP contribution in [-0.2, 0) is 0 Å². The summed E-state index contributed by atoms with van der Waals surface area (Å²) in [5, 5.41) is 0. The molecule has 0 aliphatic rings. The summed E-state index contributed by atoms with van der Waals surface area (Å²) in [5.74, 6) is 0. The zero-order valence-electron chi connectivity index (χ0n) is 17.1. The minimum atomic E-state index is 1.07. The lowest BCUT2D eigenvalue weighted by Gasteiger charge is -2.22. The third-order valence-electron chi connectivity index (χ3n) is 5.44. The highest BCUT2D eigenvalue weighted by molar-refractivity contribution is 9.11. The Hall–Kier alpha value is -1.68. The lowest BCUT2D eigenvalue weighted by molar-refractivity contribution is 1.39. The summed E-state index contributed by atoms with van der Waals surface area (Å²) >= 11 is 11.3. The Morgan fingerprint density at radius 2 is 1.20 bits per heavy atom. The molecule has 0 aromatic heterocycles. The molecule has 150 valence electrons. The van der Waals surface area contributed by atoms with E-state index in [0.29, 0.717) is 0 Å². The number of aryl methyl sites for hydroxylation is 3. The summed E-state index contributed by atoms with van der Waals surface area (Å²) in [7, 11) is 0. The highest BCUT2D eigenvalue weighted by Gasteiger charge is 2.20. The standard InChI is InChI=1S/C27H21Br3/c1-16-8-12-25(30)23(14-16)26-18(3)9-11-21(22-15-19(28)10-13-24(22)29)27(26)20-7-5-4-6-17(20)2/h4-15H,1-3H3. The van der Waals surface area contributed by atoms with Gasteiger partial charge in [0, 0.05) is 13.4 Å². The van der Waals surface area contributed by atoms with Gasteiger partial charge in [0.1, 0.15) is 0 Å². The summed E-state index contributed by atoms with van der Waals surface area (Å²) in [6, 6.07) is 26.0. The molecule has 0 bridgehead atoms. The largest absolute Gasteiger partial charge is 0.0620 e. The van der Waals surface area contributed by atoms with Crippen LogP contribution in [0.5, 0.6) is 0 Å². The van der Waals surface area contributed by atoms with E-state index >= 15 is 0 Å². The summed E-state index contributed by atoms with van der Waals surface area (Å²) < 4.78 is 3.26. The van der Waals surface area contributed by atoms with Crippen molar-refractivity contribution in [2.24, 2.45) is 0 Å². The molecule has 0 N–H and O–H groups in total. The molecule has 0 unspecified atom stereocenters. The van der Waals surface area contributed by atoms with Gasteiger partial charge in [-0.3, -0.25) is 0 Å². The summed E-state index contributed by atoms with van der Waals surface area (Å²) in [4.78, 5) is 0. The SMILES string of the molecule is Cc1ccc(Br)c(-c2c(C)ccc(-c3cc(Br)ccc3Br)c2-c2ccccc2C)c1. The molecule has 0 amide bonds. The van der Waals surface area contributed by atoms with Crippen molar-refractivity contribution in [3.05, 3.63) is 103 Å². The van der Waals surface area contributed by atoms with Crippen LogP contribution >= 0.6 is 47.8 Å². The van der Waals surface area contributed by atoms with Gasteiger partial charge in [0.05, 0.1) is 0 Å². The van der Waals surface area contributed by atoms with Gasteiger partial charge in [-0.1, -0.05) is 102 Å². The molecule has 0 saturated heterocycles. The fourth-order valence-corrected chi connectivity index (χ4v) is 5.21. The molecule has 3 heteroatoms.